The molecule has 1 fully saturated rings. The number of carbonyl (C=O) groups excluding carboxylic acids is 1. The van der Waals surface area contributed by atoms with E-state index >= 15 is 4.39 Å². The third kappa shape index (κ3) is 3.79. The Hall–Kier alpha value is -3.22. The van der Waals surface area contributed by atoms with Crippen LogP contribution in [0, 0.1) is 18.7 Å². The number of para-hydroxylation sites is 1. The second-order valence-corrected chi connectivity index (χ2v) is 7.79. The molecule has 1 aromatic carbocycles. The van der Waals surface area contributed by atoms with Gasteiger partial charge in [-0.15, -0.1) is 0 Å². The zero-order valence-electron chi connectivity index (χ0n) is 17.1. The molecule has 0 bridgehead atoms. The van der Waals surface area contributed by atoms with Gasteiger partial charge in [0.05, 0.1) is 12.1 Å². The van der Waals surface area contributed by atoms with E-state index in [1.54, 1.807) is 27.8 Å². The van der Waals surface area contributed by atoms with Crippen LogP contribution in [0.15, 0.2) is 36.5 Å². The lowest BCUT2D eigenvalue weighted by Gasteiger charge is -2.23. The molecule has 1 amide bonds. The van der Waals surface area contributed by atoms with Gasteiger partial charge in [-0.2, -0.15) is 0 Å². The lowest BCUT2D eigenvalue weighted by Crippen LogP contribution is -2.32. The van der Waals surface area contributed by atoms with Crippen molar-refractivity contribution < 1.29 is 19.1 Å². The lowest BCUT2D eigenvalue weighted by atomic mass is 10.1. The van der Waals surface area contributed by atoms with E-state index in [0.717, 1.165) is 18.5 Å². The monoisotopic (exact) mass is 409 g/mol. The van der Waals surface area contributed by atoms with Gasteiger partial charge in [-0.1, -0.05) is 12.1 Å². The highest BCUT2D eigenvalue weighted by Crippen LogP contribution is 2.33. The van der Waals surface area contributed by atoms with Gasteiger partial charge in [0, 0.05) is 36.3 Å². The molecule has 0 unspecified atom stereocenters. The third-order valence-electron chi connectivity index (χ3n) is 5.51. The van der Waals surface area contributed by atoms with Gasteiger partial charge in [-0.3, -0.25) is 14.2 Å². The molecule has 4 rings (SSSR count). The summed E-state index contributed by atoms with van der Waals surface area (Å²) in [6.07, 6.45) is 3.29. The Labute approximate surface area is 173 Å². The number of benzene rings is 1. The number of aryl methyl sites for hydroxylation is 1. The molecule has 1 saturated carbocycles. The molecule has 3 aromatic rings. The van der Waals surface area contributed by atoms with Gasteiger partial charge in [0.2, 0.25) is 5.91 Å². The van der Waals surface area contributed by atoms with Crippen molar-refractivity contribution in [2.45, 2.75) is 39.7 Å². The Morgan fingerprint density at radius 1 is 1.23 bits per heavy atom. The zero-order chi connectivity index (χ0) is 21.4. The molecular weight excluding hydrogens is 385 g/mol. The summed E-state index contributed by atoms with van der Waals surface area (Å²) in [4.78, 5) is 30.3. The van der Waals surface area contributed by atoms with Crippen LogP contribution in [-0.2, 0) is 22.6 Å². The van der Waals surface area contributed by atoms with Gasteiger partial charge >= 0.3 is 5.97 Å². The molecule has 0 saturated heterocycles. The van der Waals surface area contributed by atoms with E-state index < -0.39 is 11.8 Å². The minimum atomic E-state index is -0.962. The number of carbonyl (C=O) groups is 2. The van der Waals surface area contributed by atoms with Crippen molar-refractivity contribution in [3.8, 4) is 5.69 Å². The van der Waals surface area contributed by atoms with E-state index in [-0.39, 0.29) is 18.2 Å². The fraction of sp³-hybridized carbons (Fsp3) is 0.348. The standard InChI is InChI=1S/C23H24FN3O3/c1-3-26(23(30)15-8-9-15)12-16-5-4-6-19(24)21(16)27-13-17(11-20(28)29)18-10-7-14(2)25-22(18)27/h4-7,10,13,15H,3,8-9,11-12H2,1-2H3,(H,28,29). The number of halogens is 1. The van der Waals surface area contributed by atoms with Crippen LogP contribution in [0.3, 0.4) is 0 Å². The van der Waals surface area contributed by atoms with Crippen LogP contribution < -0.4 is 0 Å². The number of hydrogen-bond donors (Lipinski definition) is 1. The van der Waals surface area contributed by atoms with Gasteiger partial charge in [-0.25, -0.2) is 9.37 Å². The smallest absolute Gasteiger partial charge is 0.307 e. The number of rotatable bonds is 7. The summed E-state index contributed by atoms with van der Waals surface area (Å²) in [5.74, 6) is -1.22. The number of aliphatic carboxylic acids is 1. The third-order valence-corrected chi connectivity index (χ3v) is 5.51. The minimum absolute atomic E-state index is 0.0841. The number of carboxylic acid groups (broad SMARTS) is 1. The molecule has 1 N–H and O–H groups in total. The Morgan fingerprint density at radius 3 is 2.67 bits per heavy atom. The van der Waals surface area contributed by atoms with Crippen molar-refractivity contribution in [3.63, 3.8) is 0 Å². The van der Waals surface area contributed by atoms with Crippen molar-refractivity contribution >= 4 is 22.9 Å². The van der Waals surface area contributed by atoms with Crippen LogP contribution in [0.5, 0.6) is 0 Å². The first-order valence-electron chi connectivity index (χ1n) is 10.1. The number of carboxylic acids is 1. The fourth-order valence-corrected chi connectivity index (χ4v) is 3.84. The molecule has 2 aromatic heterocycles. The number of hydrogen-bond acceptors (Lipinski definition) is 3. The maximum absolute atomic E-state index is 15.1. The Kier molecular flexibility index (Phi) is 5.28. The van der Waals surface area contributed by atoms with E-state index in [0.29, 0.717) is 40.9 Å². The number of nitrogens with zero attached hydrogens (tertiary/aromatic N) is 3. The van der Waals surface area contributed by atoms with Crippen molar-refractivity contribution in [2.24, 2.45) is 5.92 Å². The molecule has 2 heterocycles. The SMILES string of the molecule is CCN(Cc1cccc(F)c1-n1cc(CC(=O)O)c2ccc(C)nc21)C(=O)C1CC1. The van der Waals surface area contributed by atoms with Crippen molar-refractivity contribution in [1.29, 1.82) is 0 Å². The number of fused-ring (bicyclic) bond motifs is 1. The summed E-state index contributed by atoms with van der Waals surface area (Å²) in [5.41, 5.74) is 2.79. The molecule has 30 heavy (non-hydrogen) atoms. The minimum Gasteiger partial charge on any atom is -0.481 e. The maximum atomic E-state index is 15.1. The molecule has 0 radical (unpaired) electrons. The summed E-state index contributed by atoms with van der Waals surface area (Å²) in [5, 5.41) is 9.97. The van der Waals surface area contributed by atoms with Gasteiger partial charge in [0.25, 0.3) is 0 Å². The van der Waals surface area contributed by atoms with Gasteiger partial charge in [0.15, 0.2) is 0 Å². The lowest BCUT2D eigenvalue weighted by molar-refractivity contribution is -0.136. The highest BCUT2D eigenvalue weighted by Gasteiger charge is 2.33. The summed E-state index contributed by atoms with van der Waals surface area (Å²) >= 11 is 0. The molecule has 0 aliphatic heterocycles. The molecule has 7 heteroatoms. The number of amides is 1. The van der Waals surface area contributed by atoms with Gasteiger partial charge in [-0.05, 0) is 56.0 Å². The Balaban J connectivity index is 1.84. The van der Waals surface area contributed by atoms with Crippen LogP contribution in [0.4, 0.5) is 4.39 Å². The highest BCUT2D eigenvalue weighted by atomic mass is 19.1. The van der Waals surface area contributed by atoms with E-state index in [4.69, 9.17) is 0 Å². The predicted molar refractivity (Wildman–Crippen MR) is 111 cm³/mol. The summed E-state index contributed by atoms with van der Waals surface area (Å²) in [7, 11) is 0. The summed E-state index contributed by atoms with van der Waals surface area (Å²) in [6, 6.07) is 8.44. The summed E-state index contributed by atoms with van der Waals surface area (Å²) in [6.45, 7) is 4.58. The number of aromatic nitrogens is 2. The Bertz CT molecular complexity index is 1130. The fourth-order valence-electron chi connectivity index (χ4n) is 3.84. The predicted octanol–water partition coefficient (Wildman–Crippen LogP) is 3.86. The molecular formula is C23H24FN3O3. The zero-order valence-corrected chi connectivity index (χ0v) is 17.1. The molecule has 1 aliphatic carbocycles. The molecule has 0 spiro atoms. The van der Waals surface area contributed by atoms with Gasteiger partial charge in [0.1, 0.15) is 11.5 Å². The van der Waals surface area contributed by atoms with Crippen LogP contribution in [-0.4, -0.2) is 38.0 Å². The first kappa shape index (κ1) is 20.1. The number of pyridine rings is 1. The van der Waals surface area contributed by atoms with Crippen molar-refractivity contribution in [2.75, 3.05) is 6.54 Å². The first-order chi connectivity index (χ1) is 14.4. The van der Waals surface area contributed by atoms with Crippen molar-refractivity contribution in [3.05, 3.63) is 59.2 Å². The second-order valence-electron chi connectivity index (χ2n) is 7.79. The largest absolute Gasteiger partial charge is 0.481 e. The second kappa shape index (κ2) is 7.89. The van der Waals surface area contributed by atoms with Gasteiger partial charge < -0.3 is 10.0 Å². The van der Waals surface area contributed by atoms with E-state index in [9.17, 15) is 14.7 Å². The molecule has 6 nitrogen and oxygen atoms in total. The molecule has 156 valence electrons. The quantitative estimate of drug-likeness (QED) is 0.643. The maximum Gasteiger partial charge on any atom is 0.307 e. The van der Waals surface area contributed by atoms with E-state index in [2.05, 4.69) is 4.98 Å². The normalized spacial score (nSPS) is 13.6. The van der Waals surface area contributed by atoms with Crippen molar-refractivity contribution in [1.82, 2.24) is 14.5 Å². The summed E-state index contributed by atoms with van der Waals surface area (Å²) < 4.78 is 16.7. The average Bonchev–Trinajstić information content (AvgIpc) is 3.49. The first-order valence-corrected chi connectivity index (χ1v) is 10.1. The van der Waals surface area contributed by atoms with E-state index in [1.807, 2.05) is 26.0 Å². The van der Waals surface area contributed by atoms with Crippen LogP contribution in [0.1, 0.15) is 36.6 Å². The molecule has 0 atom stereocenters. The van der Waals surface area contributed by atoms with E-state index in [1.165, 1.54) is 6.07 Å². The van der Waals surface area contributed by atoms with Crippen LogP contribution >= 0.6 is 0 Å². The molecule has 1 aliphatic rings. The van der Waals surface area contributed by atoms with Crippen LogP contribution in [0.2, 0.25) is 0 Å². The highest BCUT2D eigenvalue weighted by molar-refractivity contribution is 5.87. The average molecular weight is 409 g/mol. The van der Waals surface area contributed by atoms with Crippen LogP contribution in [0.25, 0.3) is 16.7 Å². The topological polar surface area (TPSA) is 75.4 Å². The Morgan fingerprint density at radius 2 is 2.00 bits per heavy atom.